The second kappa shape index (κ2) is 5.86. The van der Waals surface area contributed by atoms with E-state index >= 15 is 0 Å². The number of amides is 2. The molecule has 1 heterocycles. The molecule has 0 aliphatic heterocycles. The summed E-state index contributed by atoms with van der Waals surface area (Å²) in [5.41, 5.74) is 0.429. The maximum absolute atomic E-state index is 12.1. The first-order valence-electron chi connectivity index (χ1n) is 5.19. The van der Waals surface area contributed by atoms with E-state index in [0.717, 1.165) is 0 Å². The second-order valence-corrected chi connectivity index (χ2v) is 4.44. The van der Waals surface area contributed by atoms with E-state index in [0.29, 0.717) is 16.8 Å². The fourth-order valence-electron chi connectivity index (χ4n) is 1.25. The lowest BCUT2D eigenvalue weighted by Gasteiger charge is -2.21. The number of halogens is 1. The van der Waals surface area contributed by atoms with E-state index in [1.54, 1.807) is 20.2 Å². The first-order chi connectivity index (χ1) is 7.97. The molecule has 2 amide bonds. The van der Waals surface area contributed by atoms with Crippen LogP contribution in [0.3, 0.4) is 0 Å². The summed E-state index contributed by atoms with van der Waals surface area (Å²) in [7, 11) is 3.32. The molecular formula is C11H15BrN2O3. The van der Waals surface area contributed by atoms with Gasteiger partial charge in [0.2, 0.25) is 5.91 Å². The summed E-state index contributed by atoms with van der Waals surface area (Å²) in [6, 6.07) is 1.58. The zero-order valence-corrected chi connectivity index (χ0v) is 11.7. The summed E-state index contributed by atoms with van der Waals surface area (Å²) in [6.07, 6.45) is 1.43. The van der Waals surface area contributed by atoms with E-state index in [-0.39, 0.29) is 18.4 Å². The van der Waals surface area contributed by atoms with Gasteiger partial charge in [-0.1, -0.05) is 0 Å². The lowest BCUT2D eigenvalue weighted by Crippen LogP contribution is -2.40. The average Bonchev–Trinajstić information content (AvgIpc) is 2.70. The SMILES string of the molecule is CCN(CC(=O)N(C)C)C(=O)c1ccoc1Br. The van der Waals surface area contributed by atoms with E-state index < -0.39 is 0 Å². The number of furan rings is 1. The predicted molar refractivity (Wildman–Crippen MR) is 66.7 cm³/mol. The highest BCUT2D eigenvalue weighted by molar-refractivity contribution is 9.10. The second-order valence-electron chi connectivity index (χ2n) is 3.72. The third kappa shape index (κ3) is 3.33. The van der Waals surface area contributed by atoms with Crippen molar-refractivity contribution in [2.24, 2.45) is 0 Å². The van der Waals surface area contributed by atoms with Gasteiger partial charge in [-0.2, -0.15) is 0 Å². The van der Waals surface area contributed by atoms with Crippen LogP contribution in [-0.4, -0.2) is 48.8 Å². The Morgan fingerprint density at radius 1 is 1.41 bits per heavy atom. The smallest absolute Gasteiger partial charge is 0.258 e. The summed E-state index contributed by atoms with van der Waals surface area (Å²) in [4.78, 5) is 26.6. The number of nitrogens with zero attached hydrogens (tertiary/aromatic N) is 2. The van der Waals surface area contributed by atoms with Gasteiger partial charge in [0.15, 0.2) is 4.67 Å². The Kier molecular flexibility index (Phi) is 4.74. The van der Waals surface area contributed by atoms with E-state index in [1.165, 1.54) is 16.1 Å². The molecule has 0 N–H and O–H groups in total. The van der Waals surface area contributed by atoms with Crippen molar-refractivity contribution >= 4 is 27.7 Å². The zero-order chi connectivity index (χ0) is 13.0. The molecule has 0 saturated carbocycles. The number of rotatable bonds is 4. The molecule has 0 aromatic carbocycles. The van der Waals surface area contributed by atoms with Crippen molar-refractivity contribution in [3.8, 4) is 0 Å². The third-order valence-electron chi connectivity index (χ3n) is 2.34. The molecule has 94 valence electrons. The standard InChI is InChI=1S/C11H15BrN2O3/c1-4-14(7-9(15)13(2)3)11(16)8-5-6-17-10(8)12/h5-6H,4,7H2,1-3H3. The fraction of sp³-hybridized carbons (Fsp3) is 0.455. The topological polar surface area (TPSA) is 53.8 Å². The monoisotopic (exact) mass is 302 g/mol. The van der Waals surface area contributed by atoms with E-state index in [1.807, 2.05) is 6.92 Å². The molecule has 5 nitrogen and oxygen atoms in total. The van der Waals surface area contributed by atoms with Crippen LogP contribution in [0.1, 0.15) is 17.3 Å². The molecule has 1 aromatic rings. The van der Waals surface area contributed by atoms with Crippen LogP contribution < -0.4 is 0 Å². The van der Waals surface area contributed by atoms with Gasteiger partial charge >= 0.3 is 0 Å². The molecule has 0 saturated heterocycles. The quantitative estimate of drug-likeness (QED) is 0.849. The number of carbonyl (C=O) groups is 2. The van der Waals surface area contributed by atoms with Gasteiger partial charge < -0.3 is 14.2 Å². The molecule has 0 bridgehead atoms. The lowest BCUT2D eigenvalue weighted by atomic mass is 10.3. The van der Waals surface area contributed by atoms with Gasteiger partial charge in [-0.25, -0.2) is 0 Å². The molecule has 6 heteroatoms. The van der Waals surface area contributed by atoms with Crippen molar-refractivity contribution in [2.75, 3.05) is 27.2 Å². The van der Waals surface area contributed by atoms with E-state index in [2.05, 4.69) is 15.9 Å². The molecule has 0 spiro atoms. The van der Waals surface area contributed by atoms with Crippen molar-refractivity contribution in [2.45, 2.75) is 6.92 Å². The van der Waals surface area contributed by atoms with Gasteiger partial charge in [0.1, 0.15) is 0 Å². The Morgan fingerprint density at radius 3 is 2.47 bits per heavy atom. The normalized spacial score (nSPS) is 10.1. The van der Waals surface area contributed by atoms with Crippen molar-refractivity contribution in [1.29, 1.82) is 0 Å². The minimum absolute atomic E-state index is 0.0694. The average molecular weight is 303 g/mol. The molecule has 0 unspecified atom stereocenters. The van der Waals surface area contributed by atoms with Crippen LogP contribution in [0, 0.1) is 0 Å². The Labute approximate surface area is 108 Å². The maximum atomic E-state index is 12.1. The Hall–Kier alpha value is -1.30. The highest BCUT2D eigenvalue weighted by Crippen LogP contribution is 2.19. The third-order valence-corrected chi connectivity index (χ3v) is 2.96. The van der Waals surface area contributed by atoms with Crippen LogP contribution in [-0.2, 0) is 4.79 Å². The molecule has 0 aliphatic carbocycles. The van der Waals surface area contributed by atoms with Crippen molar-refractivity contribution < 1.29 is 14.0 Å². The number of hydrogen-bond donors (Lipinski definition) is 0. The van der Waals surface area contributed by atoms with Gasteiger partial charge in [-0.05, 0) is 28.9 Å². The largest absolute Gasteiger partial charge is 0.457 e. The van der Waals surface area contributed by atoms with E-state index in [4.69, 9.17) is 4.42 Å². The van der Waals surface area contributed by atoms with Crippen LogP contribution >= 0.6 is 15.9 Å². The molecular weight excluding hydrogens is 288 g/mol. The zero-order valence-electron chi connectivity index (χ0n) is 10.1. The molecule has 0 radical (unpaired) electrons. The van der Waals surface area contributed by atoms with Crippen LogP contribution in [0.4, 0.5) is 0 Å². The molecule has 0 aliphatic rings. The molecule has 0 atom stereocenters. The van der Waals surface area contributed by atoms with Crippen molar-refractivity contribution in [3.05, 3.63) is 22.6 Å². The minimum atomic E-state index is -0.219. The Morgan fingerprint density at radius 2 is 2.06 bits per heavy atom. The summed E-state index contributed by atoms with van der Waals surface area (Å²) >= 11 is 3.15. The Bertz CT molecular complexity index is 415. The first-order valence-corrected chi connectivity index (χ1v) is 5.99. The summed E-state index contributed by atoms with van der Waals surface area (Å²) in [5.74, 6) is -0.330. The van der Waals surface area contributed by atoms with Crippen molar-refractivity contribution in [3.63, 3.8) is 0 Å². The van der Waals surface area contributed by atoms with Crippen molar-refractivity contribution in [1.82, 2.24) is 9.80 Å². The molecule has 0 fully saturated rings. The molecule has 1 aromatic heterocycles. The van der Waals surface area contributed by atoms with Gasteiger partial charge in [-0.3, -0.25) is 9.59 Å². The molecule has 17 heavy (non-hydrogen) atoms. The summed E-state index contributed by atoms with van der Waals surface area (Å²) < 4.78 is 5.39. The number of likely N-dealkylation sites (N-methyl/N-ethyl adjacent to an activating group) is 2. The lowest BCUT2D eigenvalue weighted by molar-refractivity contribution is -0.129. The number of hydrogen-bond acceptors (Lipinski definition) is 3. The van der Waals surface area contributed by atoms with Crippen LogP contribution in [0.2, 0.25) is 0 Å². The minimum Gasteiger partial charge on any atom is -0.457 e. The van der Waals surface area contributed by atoms with Gasteiger partial charge in [0, 0.05) is 20.6 Å². The molecule has 1 rings (SSSR count). The van der Waals surface area contributed by atoms with E-state index in [9.17, 15) is 9.59 Å². The van der Waals surface area contributed by atoms with Crippen LogP contribution in [0.15, 0.2) is 21.4 Å². The first kappa shape index (κ1) is 13.8. The van der Waals surface area contributed by atoms with Crippen LogP contribution in [0.5, 0.6) is 0 Å². The van der Waals surface area contributed by atoms with Crippen LogP contribution in [0.25, 0.3) is 0 Å². The highest BCUT2D eigenvalue weighted by Gasteiger charge is 2.21. The predicted octanol–water partition coefficient (Wildman–Crippen LogP) is 1.59. The highest BCUT2D eigenvalue weighted by atomic mass is 79.9. The summed E-state index contributed by atoms with van der Waals surface area (Å²) in [5, 5.41) is 0. The fourth-order valence-corrected chi connectivity index (χ4v) is 1.66. The van der Waals surface area contributed by atoms with Gasteiger partial charge in [0.25, 0.3) is 5.91 Å². The van der Waals surface area contributed by atoms with Gasteiger partial charge in [0.05, 0.1) is 18.4 Å². The Balaban J connectivity index is 2.78. The number of carbonyl (C=O) groups excluding carboxylic acids is 2. The summed E-state index contributed by atoms with van der Waals surface area (Å²) in [6.45, 7) is 2.37. The maximum Gasteiger partial charge on any atom is 0.258 e. The van der Waals surface area contributed by atoms with Gasteiger partial charge in [-0.15, -0.1) is 0 Å².